The molecule has 0 bridgehead atoms. The normalized spacial score (nSPS) is 16.2. The van der Waals surface area contributed by atoms with Crippen LogP contribution in [0, 0.1) is 11.6 Å². The minimum Gasteiger partial charge on any atom is -0.339 e. The third-order valence-corrected chi connectivity index (χ3v) is 4.90. The van der Waals surface area contributed by atoms with Crippen LogP contribution in [0.4, 0.5) is 14.6 Å². The molecule has 1 aliphatic rings. The number of rotatable bonds is 4. The minimum absolute atomic E-state index is 0.0331. The van der Waals surface area contributed by atoms with Crippen LogP contribution in [0.1, 0.15) is 28.2 Å². The molecule has 8 nitrogen and oxygen atoms in total. The predicted molar refractivity (Wildman–Crippen MR) is 103 cm³/mol. The lowest BCUT2D eigenvalue weighted by atomic mass is 10.1. The number of aryl methyl sites for hydroxylation is 1. The van der Waals surface area contributed by atoms with Crippen molar-refractivity contribution in [2.75, 3.05) is 11.9 Å². The molecule has 30 heavy (non-hydrogen) atoms. The Morgan fingerprint density at radius 1 is 1.20 bits per heavy atom. The molecule has 1 unspecified atom stereocenters. The van der Waals surface area contributed by atoms with Crippen LogP contribution in [-0.4, -0.2) is 44.7 Å². The highest BCUT2D eigenvalue weighted by Crippen LogP contribution is 2.21. The van der Waals surface area contributed by atoms with Crippen LogP contribution < -0.4 is 10.2 Å². The Morgan fingerprint density at radius 3 is 2.77 bits per heavy atom. The van der Waals surface area contributed by atoms with Crippen molar-refractivity contribution in [1.82, 2.24) is 25.1 Å². The van der Waals surface area contributed by atoms with Crippen LogP contribution in [0.3, 0.4) is 0 Å². The number of anilines is 1. The van der Waals surface area contributed by atoms with Crippen LogP contribution in [0.5, 0.6) is 0 Å². The number of hydrogen-bond acceptors (Lipinski definition) is 5. The van der Waals surface area contributed by atoms with Crippen molar-refractivity contribution in [2.45, 2.75) is 25.4 Å². The number of carbonyl (C=O) groups excluding carboxylic acids is 2. The molecular formula is C20H18F2N6O2. The van der Waals surface area contributed by atoms with Crippen LogP contribution in [0.2, 0.25) is 0 Å². The summed E-state index contributed by atoms with van der Waals surface area (Å²) >= 11 is 0. The number of hydrogen-bond donors (Lipinski definition) is 1. The third kappa shape index (κ3) is 3.76. The summed E-state index contributed by atoms with van der Waals surface area (Å²) < 4.78 is 29.3. The van der Waals surface area contributed by atoms with E-state index in [1.165, 1.54) is 23.4 Å². The summed E-state index contributed by atoms with van der Waals surface area (Å²) in [5.41, 5.74) is 0.496. The molecule has 2 amide bonds. The highest BCUT2D eigenvalue weighted by atomic mass is 19.1. The summed E-state index contributed by atoms with van der Waals surface area (Å²) in [6.45, 7) is -0.0331. The smallest absolute Gasteiger partial charge is 0.275 e. The van der Waals surface area contributed by atoms with E-state index in [0.29, 0.717) is 23.5 Å². The Labute approximate surface area is 170 Å². The SMILES string of the molecule is CN1C(=O)C(NC(=O)c2nn(Cc3ccccc3F)cc2F)CCc2nccnc21. The fourth-order valence-corrected chi connectivity index (χ4v) is 3.35. The zero-order valence-electron chi connectivity index (χ0n) is 16.0. The van der Waals surface area contributed by atoms with E-state index in [-0.39, 0.29) is 18.9 Å². The summed E-state index contributed by atoms with van der Waals surface area (Å²) in [5.74, 6) is -2.08. The number of fused-ring (bicyclic) bond motifs is 1. The topological polar surface area (TPSA) is 93.0 Å². The van der Waals surface area contributed by atoms with E-state index in [9.17, 15) is 18.4 Å². The fourth-order valence-electron chi connectivity index (χ4n) is 3.35. The first-order chi connectivity index (χ1) is 14.4. The van der Waals surface area contributed by atoms with Crippen LogP contribution in [0.15, 0.2) is 42.9 Å². The van der Waals surface area contributed by atoms with Crippen LogP contribution >= 0.6 is 0 Å². The van der Waals surface area contributed by atoms with Gasteiger partial charge in [0.25, 0.3) is 11.8 Å². The van der Waals surface area contributed by atoms with E-state index in [0.717, 1.165) is 10.9 Å². The molecule has 0 spiro atoms. The highest BCUT2D eigenvalue weighted by Gasteiger charge is 2.32. The summed E-state index contributed by atoms with van der Waals surface area (Å²) in [5, 5.41) is 6.48. The first-order valence-corrected chi connectivity index (χ1v) is 9.28. The largest absolute Gasteiger partial charge is 0.339 e. The van der Waals surface area contributed by atoms with E-state index in [1.807, 2.05) is 0 Å². The molecular weight excluding hydrogens is 394 g/mol. The first kappa shape index (κ1) is 19.6. The van der Waals surface area contributed by atoms with Gasteiger partial charge in [-0.2, -0.15) is 5.10 Å². The van der Waals surface area contributed by atoms with E-state index in [4.69, 9.17) is 0 Å². The first-order valence-electron chi connectivity index (χ1n) is 9.28. The maximum absolute atomic E-state index is 14.3. The standard InChI is InChI=1S/C20H18F2N6O2/c1-27-18-15(23-8-9-24-18)6-7-16(20(27)30)25-19(29)17-14(22)11-28(26-17)10-12-4-2-3-5-13(12)21/h2-5,8-9,11,16H,6-7,10H2,1H3,(H,25,29). The fraction of sp³-hybridized carbons (Fsp3) is 0.250. The number of likely N-dealkylation sites (N-methyl/N-ethyl adjacent to an activating group) is 1. The Kier molecular flexibility index (Phi) is 5.21. The molecule has 1 aliphatic heterocycles. The van der Waals surface area contributed by atoms with Gasteiger partial charge in [-0.15, -0.1) is 0 Å². The van der Waals surface area contributed by atoms with Gasteiger partial charge in [0, 0.05) is 25.0 Å². The van der Waals surface area contributed by atoms with Gasteiger partial charge in [-0.3, -0.25) is 24.2 Å². The second kappa shape index (κ2) is 7.97. The zero-order chi connectivity index (χ0) is 21.3. The number of nitrogens with zero attached hydrogens (tertiary/aromatic N) is 5. The maximum atomic E-state index is 14.3. The number of nitrogens with one attached hydrogen (secondary N) is 1. The molecule has 0 aliphatic carbocycles. The van der Waals surface area contributed by atoms with Gasteiger partial charge in [0.15, 0.2) is 17.3 Å². The second-order valence-electron chi connectivity index (χ2n) is 6.90. The summed E-state index contributed by atoms with van der Waals surface area (Å²) in [7, 11) is 1.55. The quantitative estimate of drug-likeness (QED) is 0.704. The van der Waals surface area contributed by atoms with Gasteiger partial charge in [-0.25, -0.2) is 13.8 Å². The molecule has 3 heterocycles. The molecule has 0 radical (unpaired) electrons. The lowest BCUT2D eigenvalue weighted by Crippen LogP contribution is -2.47. The molecule has 0 saturated heterocycles. The van der Waals surface area contributed by atoms with E-state index >= 15 is 0 Å². The molecule has 1 atom stereocenters. The predicted octanol–water partition coefficient (Wildman–Crippen LogP) is 1.71. The minimum atomic E-state index is -0.880. The number of carbonyl (C=O) groups is 2. The van der Waals surface area contributed by atoms with Crippen molar-refractivity contribution in [2.24, 2.45) is 0 Å². The van der Waals surface area contributed by atoms with E-state index in [2.05, 4.69) is 20.4 Å². The number of aromatic nitrogens is 4. The molecule has 0 fully saturated rings. The highest BCUT2D eigenvalue weighted by molar-refractivity contribution is 6.01. The van der Waals surface area contributed by atoms with E-state index in [1.54, 1.807) is 25.2 Å². The summed E-state index contributed by atoms with van der Waals surface area (Å²) in [6, 6.07) is 5.16. The van der Waals surface area contributed by atoms with Gasteiger partial charge in [0.1, 0.15) is 11.9 Å². The third-order valence-electron chi connectivity index (χ3n) is 4.90. The Bertz CT molecular complexity index is 1120. The number of amides is 2. The van der Waals surface area contributed by atoms with Gasteiger partial charge >= 0.3 is 0 Å². The van der Waals surface area contributed by atoms with Crippen molar-refractivity contribution in [3.8, 4) is 0 Å². The molecule has 2 aromatic heterocycles. The summed E-state index contributed by atoms with van der Waals surface area (Å²) in [6.07, 6.45) is 4.76. The molecule has 3 aromatic rings. The van der Waals surface area contributed by atoms with Crippen molar-refractivity contribution in [3.05, 3.63) is 71.4 Å². The molecule has 4 rings (SSSR count). The zero-order valence-corrected chi connectivity index (χ0v) is 16.0. The molecule has 1 N–H and O–H groups in total. The summed E-state index contributed by atoms with van der Waals surface area (Å²) in [4.78, 5) is 35.0. The molecule has 0 saturated carbocycles. The van der Waals surface area contributed by atoms with Gasteiger partial charge in [-0.05, 0) is 18.9 Å². The molecule has 154 valence electrons. The number of benzene rings is 1. The van der Waals surface area contributed by atoms with Crippen molar-refractivity contribution in [3.63, 3.8) is 0 Å². The Balaban J connectivity index is 1.50. The lowest BCUT2D eigenvalue weighted by molar-refractivity contribution is -0.120. The van der Waals surface area contributed by atoms with Crippen LogP contribution in [0.25, 0.3) is 0 Å². The average Bonchev–Trinajstić information content (AvgIpc) is 3.06. The molecule has 1 aromatic carbocycles. The van der Waals surface area contributed by atoms with Gasteiger partial charge in [0.2, 0.25) is 0 Å². The van der Waals surface area contributed by atoms with Crippen molar-refractivity contribution < 1.29 is 18.4 Å². The molecule has 10 heteroatoms. The van der Waals surface area contributed by atoms with Gasteiger partial charge in [-0.1, -0.05) is 18.2 Å². The number of halogens is 2. The Morgan fingerprint density at radius 2 is 1.97 bits per heavy atom. The monoisotopic (exact) mass is 412 g/mol. The van der Waals surface area contributed by atoms with Gasteiger partial charge < -0.3 is 5.32 Å². The van der Waals surface area contributed by atoms with E-state index < -0.39 is 29.3 Å². The lowest BCUT2D eigenvalue weighted by Gasteiger charge is -2.20. The van der Waals surface area contributed by atoms with Crippen molar-refractivity contribution in [1.29, 1.82) is 0 Å². The van der Waals surface area contributed by atoms with Crippen molar-refractivity contribution >= 4 is 17.6 Å². The van der Waals surface area contributed by atoms with Crippen LogP contribution in [-0.2, 0) is 17.8 Å². The maximum Gasteiger partial charge on any atom is 0.275 e. The van der Waals surface area contributed by atoms with Gasteiger partial charge in [0.05, 0.1) is 18.4 Å². The second-order valence-corrected chi connectivity index (χ2v) is 6.90. The average molecular weight is 412 g/mol. The Hall–Kier alpha value is -3.69.